The quantitative estimate of drug-likeness (QED) is 0.0130. The smallest absolute Gasteiger partial charge is 0.462 e. The van der Waals surface area contributed by atoms with Crippen LogP contribution in [0.3, 0.4) is 0 Å². The van der Waals surface area contributed by atoms with Gasteiger partial charge >= 0.3 is 27.6 Å². The van der Waals surface area contributed by atoms with E-state index in [4.69, 9.17) is 23.8 Å². The Balaban J connectivity index is 2.50. The number of ether oxygens (including phenoxy) is 2. The molecule has 1 saturated carbocycles. The van der Waals surface area contributed by atoms with Crippen LogP contribution in [0, 0.1) is 17.8 Å². The van der Waals surface area contributed by atoms with Gasteiger partial charge in [0, 0.05) is 43.9 Å². The van der Waals surface area contributed by atoms with Crippen molar-refractivity contribution in [1.29, 1.82) is 0 Å². The monoisotopic (exact) mass is 1000 g/mol. The average molecular weight is 1000 g/mol. The molecule has 1 aliphatic rings. The van der Waals surface area contributed by atoms with Crippen LogP contribution >= 0.6 is 15.6 Å². The second-order valence-corrected chi connectivity index (χ2v) is 21.6. The number of carbonyl (C=O) groups excluding carboxylic acids is 3. The van der Waals surface area contributed by atoms with Crippen LogP contribution in [0.4, 0.5) is 0 Å². The first kappa shape index (κ1) is 63.4. The zero-order valence-electron chi connectivity index (χ0n) is 41.0. The summed E-state index contributed by atoms with van der Waals surface area (Å²) in [5.41, 5.74) is 0. The van der Waals surface area contributed by atoms with E-state index in [1.54, 1.807) is 12.2 Å². The molecule has 67 heavy (non-hydrogen) atoms. The van der Waals surface area contributed by atoms with Crippen molar-refractivity contribution < 1.29 is 81.7 Å². The maximum absolute atomic E-state index is 12.9. The van der Waals surface area contributed by atoms with E-state index in [0.29, 0.717) is 19.3 Å². The fourth-order valence-electron chi connectivity index (χ4n) is 8.12. The molecule has 0 radical (unpaired) electrons. The molecule has 1 unspecified atom stereocenters. The lowest BCUT2D eigenvalue weighted by atomic mass is 9.87. The average Bonchev–Trinajstić information content (AvgIpc) is 3.52. The number of phosphoric acid groups is 2. The van der Waals surface area contributed by atoms with Crippen LogP contribution in [0.2, 0.25) is 0 Å². The van der Waals surface area contributed by atoms with Crippen LogP contribution in [-0.4, -0.2) is 110 Å². The maximum Gasteiger partial charge on any atom is 0.472 e. The van der Waals surface area contributed by atoms with Gasteiger partial charge in [0.15, 0.2) is 6.10 Å². The molecule has 0 heterocycles. The van der Waals surface area contributed by atoms with E-state index in [1.165, 1.54) is 77.0 Å². The lowest BCUT2D eigenvalue weighted by Crippen LogP contribution is -2.30. The van der Waals surface area contributed by atoms with E-state index in [0.717, 1.165) is 50.9 Å². The third-order valence-electron chi connectivity index (χ3n) is 12.1. The molecule has 0 aromatic carbocycles. The molecule has 1 fully saturated rings. The van der Waals surface area contributed by atoms with E-state index in [1.807, 2.05) is 0 Å². The molecule has 0 aromatic heterocycles. The summed E-state index contributed by atoms with van der Waals surface area (Å²) in [4.78, 5) is 66.0. The first-order valence-corrected chi connectivity index (χ1v) is 28.4. The summed E-state index contributed by atoms with van der Waals surface area (Å²) >= 11 is 0. The predicted molar refractivity (Wildman–Crippen MR) is 256 cm³/mol. The van der Waals surface area contributed by atoms with Gasteiger partial charge in [-0.3, -0.25) is 28.0 Å². The van der Waals surface area contributed by atoms with Crippen LogP contribution in [0.15, 0.2) is 12.2 Å². The van der Waals surface area contributed by atoms with Crippen LogP contribution in [0.25, 0.3) is 0 Å². The molecule has 0 spiro atoms. The van der Waals surface area contributed by atoms with Crippen LogP contribution in [0.5, 0.6) is 0 Å². The molecule has 394 valence electrons. The second-order valence-electron chi connectivity index (χ2n) is 18.9. The number of ketones is 1. The molecule has 19 heteroatoms. The van der Waals surface area contributed by atoms with Gasteiger partial charge in [0.05, 0.1) is 38.1 Å². The molecule has 0 aliphatic heterocycles. The Morgan fingerprint density at radius 3 is 1.67 bits per heavy atom. The molecule has 7 N–H and O–H groups in total. The summed E-state index contributed by atoms with van der Waals surface area (Å²) in [6.45, 7) is 3.59. The summed E-state index contributed by atoms with van der Waals surface area (Å²) in [7, 11) is -9.83. The summed E-state index contributed by atoms with van der Waals surface area (Å²) in [5, 5.41) is 41.2. The number of aliphatic hydroxyl groups is 4. The third kappa shape index (κ3) is 36.1. The molecule has 0 saturated heterocycles. The third-order valence-corrected chi connectivity index (χ3v) is 13.5. The molecule has 0 aromatic rings. The highest BCUT2D eigenvalue weighted by Crippen LogP contribution is 2.44. The first-order valence-electron chi connectivity index (χ1n) is 25.4. The number of unbranched alkanes of at least 4 members (excludes halogenated alkanes) is 18. The number of aliphatic hydroxyl groups excluding tert-OH is 4. The van der Waals surface area contributed by atoms with E-state index in [-0.39, 0.29) is 44.3 Å². The summed E-state index contributed by atoms with van der Waals surface area (Å²) in [5.74, 6) is -1.66. The van der Waals surface area contributed by atoms with Crippen molar-refractivity contribution in [1.82, 2.24) is 0 Å². The van der Waals surface area contributed by atoms with Gasteiger partial charge in [0.25, 0.3) is 0 Å². The van der Waals surface area contributed by atoms with E-state index in [2.05, 4.69) is 29.8 Å². The van der Waals surface area contributed by atoms with Crippen LogP contribution in [-0.2, 0) is 46.6 Å². The van der Waals surface area contributed by atoms with Crippen molar-refractivity contribution in [2.75, 3.05) is 26.4 Å². The number of phosphoric ester groups is 2. The fraction of sp³-hybridized carbons (Fsp3) is 0.896. The highest BCUT2D eigenvalue weighted by Gasteiger charge is 2.41. The van der Waals surface area contributed by atoms with Gasteiger partial charge in [-0.1, -0.05) is 155 Å². The van der Waals surface area contributed by atoms with Crippen molar-refractivity contribution in [3.05, 3.63) is 12.2 Å². The first-order chi connectivity index (χ1) is 31.8. The Bertz CT molecular complexity index is 1420. The predicted octanol–water partition coefficient (Wildman–Crippen LogP) is 9.10. The van der Waals surface area contributed by atoms with E-state index in [9.17, 15) is 48.8 Å². The van der Waals surface area contributed by atoms with Crippen LogP contribution < -0.4 is 0 Å². The fourth-order valence-corrected chi connectivity index (χ4v) is 9.27. The summed E-state index contributed by atoms with van der Waals surface area (Å²) in [6.07, 6.45) is 22.6. The minimum atomic E-state index is -4.91. The Hall–Kier alpha value is -1.59. The normalized spacial score (nSPS) is 20.0. The highest BCUT2D eigenvalue weighted by atomic mass is 31.2. The highest BCUT2D eigenvalue weighted by molar-refractivity contribution is 7.47. The van der Waals surface area contributed by atoms with Crippen molar-refractivity contribution in [3.63, 3.8) is 0 Å². The molecule has 17 nitrogen and oxygen atoms in total. The topological polar surface area (TPSA) is 273 Å². The maximum atomic E-state index is 12.9. The zero-order valence-corrected chi connectivity index (χ0v) is 42.8. The number of hydrogen-bond donors (Lipinski definition) is 7. The molecule has 1 aliphatic carbocycles. The summed E-state index contributed by atoms with van der Waals surface area (Å²) < 4.78 is 47.9. The SMILES string of the molecule is CCCCC[C@H](O)/C=C/[C@@H]1[C@@H](CC(=O)CCCCC(=O)O[C@H](COC(=O)CCCCCCCCCCCCCCCCCCC(C)C)COP(=O)(O)OC[C@@H](O)COP(=O)(O)O)[C@@H](O)C[C@H]1O. The Morgan fingerprint density at radius 2 is 1.10 bits per heavy atom. The minimum absolute atomic E-state index is 0.0184. The molecule has 0 bridgehead atoms. The number of carbonyl (C=O) groups is 3. The van der Waals surface area contributed by atoms with Gasteiger partial charge in [-0.05, 0) is 31.6 Å². The van der Waals surface area contributed by atoms with Crippen molar-refractivity contribution in [2.45, 2.75) is 231 Å². The van der Waals surface area contributed by atoms with Gasteiger partial charge in [0.2, 0.25) is 0 Å². The van der Waals surface area contributed by atoms with Gasteiger partial charge in [-0.2, -0.15) is 0 Å². The van der Waals surface area contributed by atoms with Crippen LogP contribution in [0.1, 0.15) is 201 Å². The van der Waals surface area contributed by atoms with Crippen molar-refractivity contribution in [2.24, 2.45) is 17.8 Å². The van der Waals surface area contributed by atoms with Crippen molar-refractivity contribution >= 4 is 33.4 Å². The molecule has 1 rings (SSSR count). The number of rotatable bonds is 44. The lowest BCUT2D eigenvalue weighted by molar-refractivity contribution is -0.161. The number of esters is 2. The zero-order chi connectivity index (χ0) is 49.9. The molecular weight excluding hydrogens is 910 g/mol. The van der Waals surface area contributed by atoms with Gasteiger partial charge in [-0.25, -0.2) is 9.13 Å². The Labute approximate surface area is 401 Å². The van der Waals surface area contributed by atoms with Gasteiger partial charge in [0.1, 0.15) is 18.5 Å². The minimum Gasteiger partial charge on any atom is -0.462 e. The largest absolute Gasteiger partial charge is 0.472 e. The van der Waals surface area contributed by atoms with Gasteiger partial charge in [-0.15, -0.1) is 0 Å². The Kier molecular flexibility index (Phi) is 36.1. The standard InChI is InChI=1S/C48H90O17P2/c1-4-5-20-26-39(49)30-31-43-44(46(53)33-45(43)52)32-40(50)27-23-24-29-48(55)65-42(37-64-67(59,60)63-35-41(51)34-62-66(56,57)58)36-61-47(54)28-22-19-17-15-13-11-9-7-6-8-10-12-14-16-18-21-25-38(2)3/h30-31,38-39,41-46,49,51-53H,4-29,32-37H2,1-3H3,(H,59,60)(H2,56,57,58)/b31-30+/t39-,41-,42+,43+,44+,45+,46-/m0/s1. The van der Waals surface area contributed by atoms with E-state index < -0.39 is 96.4 Å². The second kappa shape index (κ2) is 38.1. The number of hydrogen-bond acceptors (Lipinski definition) is 14. The molecule has 8 atom stereocenters. The number of Topliss-reactive ketones (excluding diaryl/α,β-unsaturated/α-hetero) is 1. The van der Waals surface area contributed by atoms with Crippen molar-refractivity contribution in [3.8, 4) is 0 Å². The lowest BCUT2D eigenvalue weighted by Gasteiger charge is -2.21. The Morgan fingerprint density at radius 1 is 0.612 bits per heavy atom. The molecular formula is C48H90O17P2. The van der Waals surface area contributed by atoms with E-state index >= 15 is 0 Å². The molecule has 0 amide bonds. The summed E-state index contributed by atoms with van der Waals surface area (Å²) in [6, 6.07) is 0. The van der Waals surface area contributed by atoms with Gasteiger partial charge < -0.3 is 44.6 Å².